The molecular formula is C10H8BrN3. The number of anilines is 2. The van der Waals surface area contributed by atoms with Crippen molar-refractivity contribution in [2.75, 3.05) is 5.32 Å². The first-order chi connectivity index (χ1) is 6.84. The smallest absolute Gasteiger partial charge is 0.130 e. The van der Waals surface area contributed by atoms with Gasteiger partial charge in [-0.2, -0.15) is 0 Å². The molecule has 3 nitrogen and oxygen atoms in total. The van der Waals surface area contributed by atoms with E-state index in [9.17, 15) is 0 Å². The minimum absolute atomic E-state index is 0.819. The van der Waals surface area contributed by atoms with Crippen molar-refractivity contribution in [1.29, 1.82) is 0 Å². The van der Waals surface area contributed by atoms with Crippen molar-refractivity contribution in [3.63, 3.8) is 0 Å². The van der Waals surface area contributed by atoms with E-state index in [0.717, 1.165) is 16.0 Å². The normalized spacial score (nSPS) is 9.79. The number of aromatic nitrogens is 2. The lowest BCUT2D eigenvalue weighted by molar-refractivity contribution is 1.27. The topological polar surface area (TPSA) is 37.8 Å². The minimum atomic E-state index is 0.819. The second kappa shape index (κ2) is 4.19. The maximum Gasteiger partial charge on any atom is 0.130 e. The van der Waals surface area contributed by atoms with Crippen LogP contribution in [0.25, 0.3) is 0 Å². The number of pyridine rings is 2. The van der Waals surface area contributed by atoms with E-state index in [-0.39, 0.29) is 0 Å². The summed E-state index contributed by atoms with van der Waals surface area (Å²) < 4.78 is 0.970. The average molecular weight is 250 g/mol. The molecule has 4 heteroatoms. The fraction of sp³-hybridized carbons (Fsp3) is 0. The van der Waals surface area contributed by atoms with E-state index in [0.29, 0.717) is 0 Å². The van der Waals surface area contributed by atoms with Gasteiger partial charge in [-0.25, -0.2) is 4.98 Å². The Hall–Kier alpha value is -1.42. The maximum atomic E-state index is 4.20. The summed E-state index contributed by atoms with van der Waals surface area (Å²) in [5, 5.41) is 3.16. The lowest BCUT2D eigenvalue weighted by Crippen LogP contribution is -1.92. The third-order valence-corrected chi connectivity index (χ3v) is 2.15. The van der Waals surface area contributed by atoms with Gasteiger partial charge in [0.25, 0.3) is 0 Å². The fourth-order valence-corrected chi connectivity index (χ4v) is 1.27. The fourth-order valence-electron chi connectivity index (χ4n) is 1.03. The third-order valence-electron chi connectivity index (χ3n) is 1.68. The van der Waals surface area contributed by atoms with Gasteiger partial charge in [0.05, 0.1) is 0 Å². The molecule has 1 N–H and O–H groups in total. The molecule has 0 unspecified atom stereocenters. The van der Waals surface area contributed by atoms with Crippen molar-refractivity contribution in [1.82, 2.24) is 9.97 Å². The number of hydrogen-bond acceptors (Lipinski definition) is 3. The molecule has 0 aliphatic heterocycles. The lowest BCUT2D eigenvalue weighted by Gasteiger charge is -2.03. The van der Waals surface area contributed by atoms with E-state index in [1.807, 2.05) is 24.3 Å². The van der Waals surface area contributed by atoms with E-state index in [2.05, 4.69) is 31.2 Å². The van der Waals surface area contributed by atoms with Gasteiger partial charge in [0.2, 0.25) is 0 Å². The monoisotopic (exact) mass is 249 g/mol. The second-order valence-electron chi connectivity index (χ2n) is 2.72. The van der Waals surface area contributed by atoms with E-state index < -0.39 is 0 Å². The molecule has 0 aromatic carbocycles. The van der Waals surface area contributed by atoms with Crippen LogP contribution in [-0.2, 0) is 0 Å². The van der Waals surface area contributed by atoms with Crippen molar-refractivity contribution < 1.29 is 0 Å². The standard InChI is InChI=1S/C10H8BrN3/c11-8-1-2-10(13-7-8)14-9-3-5-12-6-4-9/h1-7H,(H,12,13,14). The van der Waals surface area contributed by atoms with Crippen molar-refractivity contribution in [2.24, 2.45) is 0 Å². The van der Waals surface area contributed by atoms with Gasteiger partial charge in [0.1, 0.15) is 5.82 Å². The van der Waals surface area contributed by atoms with E-state index in [1.54, 1.807) is 18.6 Å². The zero-order valence-corrected chi connectivity index (χ0v) is 8.90. The number of halogens is 1. The summed E-state index contributed by atoms with van der Waals surface area (Å²) in [7, 11) is 0. The maximum absolute atomic E-state index is 4.20. The average Bonchev–Trinajstić information content (AvgIpc) is 2.23. The van der Waals surface area contributed by atoms with Gasteiger partial charge in [0, 0.05) is 28.8 Å². The molecule has 0 radical (unpaired) electrons. The summed E-state index contributed by atoms with van der Waals surface area (Å²) in [4.78, 5) is 8.13. The Morgan fingerprint density at radius 3 is 2.50 bits per heavy atom. The highest BCUT2D eigenvalue weighted by molar-refractivity contribution is 9.10. The molecule has 0 amide bonds. The van der Waals surface area contributed by atoms with E-state index >= 15 is 0 Å². The Balaban J connectivity index is 2.16. The van der Waals surface area contributed by atoms with Gasteiger partial charge in [-0.15, -0.1) is 0 Å². The zero-order valence-electron chi connectivity index (χ0n) is 7.31. The summed E-state index contributed by atoms with van der Waals surface area (Å²) >= 11 is 3.33. The van der Waals surface area contributed by atoms with Crippen molar-refractivity contribution in [2.45, 2.75) is 0 Å². The SMILES string of the molecule is Brc1ccc(Nc2ccncc2)nc1. The molecule has 2 rings (SSSR count). The van der Waals surface area contributed by atoms with Crippen LogP contribution in [0.1, 0.15) is 0 Å². The Morgan fingerprint density at radius 1 is 1.07 bits per heavy atom. The summed E-state index contributed by atoms with van der Waals surface area (Å²) in [6.45, 7) is 0. The Labute approximate surface area is 90.3 Å². The van der Waals surface area contributed by atoms with E-state index in [4.69, 9.17) is 0 Å². The Bertz CT molecular complexity index is 399. The molecular weight excluding hydrogens is 242 g/mol. The van der Waals surface area contributed by atoms with Gasteiger partial charge >= 0.3 is 0 Å². The highest BCUT2D eigenvalue weighted by atomic mass is 79.9. The molecule has 2 aromatic rings. The first kappa shape index (κ1) is 9.15. The van der Waals surface area contributed by atoms with Crippen molar-refractivity contribution in [3.8, 4) is 0 Å². The number of nitrogens with one attached hydrogen (secondary N) is 1. The van der Waals surface area contributed by atoms with Crippen LogP contribution in [0.3, 0.4) is 0 Å². The predicted octanol–water partition coefficient (Wildman–Crippen LogP) is 2.98. The third kappa shape index (κ3) is 2.29. The summed E-state index contributed by atoms with van der Waals surface area (Å²) in [5.74, 6) is 0.819. The molecule has 0 saturated heterocycles. The molecule has 70 valence electrons. The quantitative estimate of drug-likeness (QED) is 0.890. The van der Waals surface area contributed by atoms with Crippen LogP contribution < -0.4 is 5.32 Å². The highest BCUT2D eigenvalue weighted by Gasteiger charge is 1.94. The second-order valence-corrected chi connectivity index (χ2v) is 3.64. The van der Waals surface area contributed by atoms with Crippen molar-refractivity contribution >= 4 is 27.4 Å². The summed E-state index contributed by atoms with van der Waals surface area (Å²) in [6.07, 6.45) is 5.23. The molecule has 2 heterocycles. The minimum Gasteiger partial charge on any atom is -0.340 e. The highest BCUT2D eigenvalue weighted by Crippen LogP contribution is 2.15. The largest absolute Gasteiger partial charge is 0.340 e. The molecule has 2 aromatic heterocycles. The molecule has 0 bridgehead atoms. The van der Waals surface area contributed by atoms with Crippen LogP contribution in [0, 0.1) is 0 Å². The lowest BCUT2D eigenvalue weighted by atomic mass is 10.4. The number of hydrogen-bond donors (Lipinski definition) is 1. The van der Waals surface area contributed by atoms with Gasteiger partial charge in [-0.05, 0) is 40.2 Å². The van der Waals surface area contributed by atoms with Crippen LogP contribution in [-0.4, -0.2) is 9.97 Å². The van der Waals surface area contributed by atoms with E-state index in [1.165, 1.54) is 0 Å². The number of nitrogens with zero attached hydrogens (tertiary/aromatic N) is 2. The van der Waals surface area contributed by atoms with Gasteiger partial charge in [0.15, 0.2) is 0 Å². The molecule has 0 saturated carbocycles. The zero-order chi connectivity index (χ0) is 9.80. The number of rotatable bonds is 2. The van der Waals surface area contributed by atoms with Gasteiger partial charge in [-0.3, -0.25) is 4.98 Å². The molecule has 14 heavy (non-hydrogen) atoms. The van der Waals surface area contributed by atoms with Gasteiger partial charge in [-0.1, -0.05) is 0 Å². The first-order valence-electron chi connectivity index (χ1n) is 4.13. The Kier molecular flexibility index (Phi) is 2.74. The molecule has 0 spiro atoms. The van der Waals surface area contributed by atoms with Crippen LogP contribution in [0.5, 0.6) is 0 Å². The molecule has 0 aliphatic carbocycles. The predicted molar refractivity (Wildman–Crippen MR) is 59.5 cm³/mol. The van der Waals surface area contributed by atoms with Crippen LogP contribution in [0.15, 0.2) is 47.3 Å². The Morgan fingerprint density at radius 2 is 1.86 bits per heavy atom. The summed E-state index contributed by atoms with van der Waals surface area (Å²) in [5.41, 5.74) is 0.981. The van der Waals surface area contributed by atoms with Crippen LogP contribution >= 0.6 is 15.9 Å². The van der Waals surface area contributed by atoms with Crippen LogP contribution in [0.4, 0.5) is 11.5 Å². The summed E-state index contributed by atoms with van der Waals surface area (Å²) in [6, 6.07) is 7.63. The first-order valence-corrected chi connectivity index (χ1v) is 4.92. The molecule has 0 aliphatic rings. The molecule has 0 fully saturated rings. The van der Waals surface area contributed by atoms with Crippen LogP contribution in [0.2, 0.25) is 0 Å². The molecule has 0 atom stereocenters. The van der Waals surface area contributed by atoms with Crippen molar-refractivity contribution in [3.05, 3.63) is 47.3 Å². The van der Waals surface area contributed by atoms with Gasteiger partial charge < -0.3 is 5.32 Å².